The van der Waals surface area contributed by atoms with Crippen LogP contribution < -0.4 is 4.74 Å². The average molecular weight is 292 g/mol. The lowest BCUT2D eigenvalue weighted by molar-refractivity contribution is -0.109. The normalized spacial score (nSPS) is 9.50. The summed E-state index contributed by atoms with van der Waals surface area (Å²) >= 11 is 1.20. The standard InChI is InChI=1S/C15H16O4S/c1-3-19-14-9-12(10-16)8-13(15(14)18)6-4-5-7-20-11(2)17/h8-10,18H,3,5,7H2,1-2H3. The number of ether oxygens (including phenoxy) is 1. The van der Waals surface area contributed by atoms with Crippen molar-refractivity contribution < 1.29 is 19.4 Å². The number of benzene rings is 1. The third kappa shape index (κ3) is 4.98. The molecule has 4 nitrogen and oxygen atoms in total. The van der Waals surface area contributed by atoms with Gasteiger partial charge in [0, 0.05) is 24.7 Å². The van der Waals surface area contributed by atoms with Crippen molar-refractivity contribution in [3.8, 4) is 23.3 Å². The molecule has 1 aromatic rings. The van der Waals surface area contributed by atoms with Crippen molar-refractivity contribution in [1.82, 2.24) is 0 Å². The Labute approximate surface area is 122 Å². The van der Waals surface area contributed by atoms with Crippen LogP contribution in [0.4, 0.5) is 0 Å². The first kappa shape index (κ1) is 16.1. The van der Waals surface area contributed by atoms with E-state index in [1.165, 1.54) is 30.8 Å². The summed E-state index contributed by atoms with van der Waals surface area (Å²) in [6, 6.07) is 2.98. The maximum Gasteiger partial charge on any atom is 0.185 e. The maximum absolute atomic E-state index is 10.9. The Morgan fingerprint density at radius 1 is 1.50 bits per heavy atom. The summed E-state index contributed by atoms with van der Waals surface area (Å²) in [5, 5.41) is 10.0. The van der Waals surface area contributed by atoms with E-state index in [9.17, 15) is 14.7 Å². The highest BCUT2D eigenvalue weighted by molar-refractivity contribution is 8.13. The van der Waals surface area contributed by atoms with Gasteiger partial charge in [-0.05, 0) is 19.1 Å². The number of aromatic hydroxyl groups is 1. The first-order chi connectivity index (χ1) is 9.58. The molecule has 1 rings (SSSR count). The number of phenols is 1. The Bertz CT molecular complexity index is 555. The molecule has 0 heterocycles. The van der Waals surface area contributed by atoms with Gasteiger partial charge in [-0.2, -0.15) is 0 Å². The second-order valence-corrected chi connectivity index (χ2v) is 5.13. The van der Waals surface area contributed by atoms with Crippen LogP contribution in [0.25, 0.3) is 0 Å². The highest BCUT2D eigenvalue weighted by Crippen LogP contribution is 2.30. The molecule has 0 saturated carbocycles. The van der Waals surface area contributed by atoms with Crippen molar-refractivity contribution in [3.05, 3.63) is 23.3 Å². The summed E-state index contributed by atoms with van der Waals surface area (Å²) in [5.74, 6) is 6.45. The first-order valence-electron chi connectivity index (χ1n) is 6.15. The first-order valence-corrected chi connectivity index (χ1v) is 7.14. The number of thioether (sulfide) groups is 1. The number of carbonyl (C=O) groups is 2. The van der Waals surface area contributed by atoms with Crippen molar-refractivity contribution in [2.75, 3.05) is 12.4 Å². The van der Waals surface area contributed by atoms with Gasteiger partial charge in [0.15, 0.2) is 16.6 Å². The van der Waals surface area contributed by atoms with E-state index in [0.717, 1.165) is 0 Å². The summed E-state index contributed by atoms with van der Waals surface area (Å²) < 4.78 is 5.25. The molecule has 0 atom stereocenters. The molecule has 1 aromatic carbocycles. The van der Waals surface area contributed by atoms with Gasteiger partial charge in [-0.15, -0.1) is 0 Å². The Hall–Kier alpha value is -1.93. The summed E-state index contributed by atoms with van der Waals surface area (Å²) in [6.45, 7) is 3.68. The molecular formula is C15H16O4S. The van der Waals surface area contributed by atoms with Crippen molar-refractivity contribution in [2.24, 2.45) is 0 Å². The van der Waals surface area contributed by atoms with Crippen LogP contribution in [0.5, 0.6) is 11.5 Å². The summed E-state index contributed by atoms with van der Waals surface area (Å²) in [6.07, 6.45) is 1.21. The van der Waals surface area contributed by atoms with Gasteiger partial charge in [0.05, 0.1) is 12.2 Å². The molecule has 0 amide bonds. The van der Waals surface area contributed by atoms with Crippen LogP contribution in [0, 0.1) is 11.8 Å². The van der Waals surface area contributed by atoms with Crippen LogP contribution in [-0.2, 0) is 4.79 Å². The molecule has 5 heteroatoms. The molecule has 0 aliphatic heterocycles. The summed E-state index contributed by atoms with van der Waals surface area (Å²) in [7, 11) is 0. The maximum atomic E-state index is 10.9. The van der Waals surface area contributed by atoms with E-state index in [-0.39, 0.29) is 16.6 Å². The minimum atomic E-state index is -0.0656. The average Bonchev–Trinajstić information content (AvgIpc) is 2.42. The van der Waals surface area contributed by atoms with Gasteiger partial charge < -0.3 is 9.84 Å². The molecule has 0 fully saturated rings. The molecule has 1 N–H and O–H groups in total. The predicted octanol–water partition coefficient (Wildman–Crippen LogP) is 2.62. The van der Waals surface area contributed by atoms with Crippen molar-refractivity contribution in [3.63, 3.8) is 0 Å². The van der Waals surface area contributed by atoms with Crippen LogP contribution in [0.1, 0.15) is 36.2 Å². The molecule has 0 aliphatic rings. The number of hydrogen-bond acceptors (Lipinski definition) is 5. The van der Waals surface area contributed by atoms with Gasteiger partial charge in [-0.3, -0.25) is 9.59 Å². The zero-order valence-corrected chi connectivity index (χ0v) is 12.3. The second kappa shape index (κ2) is 8.28. The van der Waals surface area contributed by atoms with E-state index in [1.807, 2.05) is 0 Å². The van der Waals surface area contributed by atoms with Crippen LogP contribution in [0.15, 0.2) is 12.1 Å². The SMILES string of the molecule is CCOc1cc(C=O)cc(C#CCCSC(C)=O)c1O. The number of aldehydes is 1. The van der Waals surface area contributed by atoms with E-state index >= 15 is 0 Å². The van der Waals surface area contributed by atoms with Gasteiger partial charge in [-0.25, -0.2) is 0 Å². The molecule has 0 saturated heterocycles. The molecule has 0 spiro atoms. The van der Waals surface area contributed by atoms with Gasteiger partial charge in [-0.1, -0.05) is 23.6 Å². The lowest BCUT2D eigenvalue weighted by Crippen LogP contribution is -1.95. The molecule has 0 aromatic heterocycles. The molecule has 20 heavy (non-hydrogen) atoms. The van der Waals surface area contributed by atoms with E-state index in [2.05, 4.69) is 11.8 Å². The fourth-order valence-corrected chi connectivity index (χ4v) is 1.95. The topological polar surface area (TPSA) is 63.6 Å². The number of rotatable bonds is 5. The van der Waals surface area contributed by atoms with Crippen LogP contribution >= 0.6 is 11.8 Å². The van der Waals surface area contributed by atoms with E-state index in [0.29, 0.717) is 36.2 Å². The molecule has 0 radical (unpaired) electrons. The van der Waals surface area contributed by atoms with Crippen molar-refractivity contribution in [2.45, 2.75) is 20.3 Å². The Morgan fingerprint density at radius 3 is 2.85 bits per heavy atom. The smallest absolute Gasteiger partial charge is 0.185 e. The fraction of sp³-hybridized carbons (Fsp3) is 0.333. The van der Waals surface area contributed by atoms with Gasteiger partial charge >= 0.3 is 0 Å². The zero-order valence-electron chi connectivity index (χ0n) is 11.4. The van der Waals surface area contributed by atoms with Crippen LogP contribution in [0.3, 0.4) is 0 Å². The minimum absolute atomic E-state index is 0.0521. The Kier molecular flexibility index (Phi) is 6.68. The summed E-state index contributed by atoms with van der Waals surface area (Å²) in [5.41, 5.74) is 0.750. The van der Waals surface area contributed by atoms with E-state index in [1.54, 1.807) is 6.92 Å². The minimum Gasteiger partial charge on any atom is -0.503 e. The second-order valence-electron chi connectivity index (χ2n) is 3.86. The largest absolute Gasteiger partial charge is 0.503 e. The molecular weight excluding hydrogens is 276 g/mol. The Morgan fingerprint density at radius 2 is 2.25 bits per heavy atom. The fourth-order valence-electron chi connectivity index (χ4n) is 1.46. The molecule has 0 unspecified atom stereocenters. The number of hydrogen-bond donors (Lipinski definition) is 1. The van der Waals surface area contributed by atoms with Gasteiger partial charge in [0.1, 0.15) is 6.29 Å². The van der Waals surface area contributed by atoms with Gasteiger partial charge in [0.25, 0.3) is 0 Å². The van der Waals surface area contributed by atoms with Crippen molar-refractivity contribution >= 4 is 23.2 Å². The quantitative estimate of drug-likeness (QED) is 0.513. The lowest BCUT2D eigenvalue weighted by Gasteiger charge is -2.08. The third-order valence-corrected chi connectivity index (χ3v) is 3.10. The van der Waals surface area contributed by atoms with Gasteiger partial charge in [0.2, 0.25) is 0 Å². The summed E-state index contributed by atoms with van der Waals surface area (Å²) in [4.78, 5) is 21.6. The van der Waals surface area contributed by atoms with Crippen LogP contribution in [0.2, 0.25) is 0 Å². The van der Waals surface area contributed by atoms with Crippen molar-refractivity contribution in [1.29, 1.82) is 0 Å². The highest BCUT2D eigenvalue weighted by Gasteiger charge is 2.09. The van der Waals surface area contributed by atoms with Crippen LogP contribution in [-0.4, -0.2) is 28.9 Å². The Balaban J connectivity index is 2.88. The molecule has 106 valence electrons. The molecule has 0 bridgehead atoms. The number of carbonyl (C=O) groups excluding carboxylic acids is 2. The van der Waals surface area contributed by atoms with E-state index < -0.39 is 0 Å². The highest BCUT2D eigenvalue weighted by atomic mass is 32.2. The molecule has 0 aliphatic carbocycles. The number of phenolic OH excluding ortho intramolecular Hbond substituents is 1. The lowest BCUT2D eigenvalue weighted by atomic mass is 10.1. The zero-order chi connectivity index (χ0) is 15.0. The third-order valence-electron chi connectivity index (χ3n) is 2.29. The van der Waals surface area contributed by atoms with E-state index in [4.69, 9.17) is 4.74 Å². The predicted molar refractivity (Wildman–Crippen MR) is 79.3 cm³/mol. The monoisotopic (exact) mass is 292 g/mol.